The van der Waals surface area contributed by atoms with Crippen molar-refractivity contribution in [1.29, 1.82) is 0 Å². The summed E-state index contributed by atoms with van der Waals surface area (Å²) in [5.74, 6) is -0.987. The molecule has 0 aliphatic carbocycles. The van der Waals surface area contributed by atoms with Crippen molar-refractivity contribution in [3.8, 4) is 5.75 Å². The Hall–Kier alpha value is -1.16. The van der Waals surface area contributed by atoms with Gasteiger partial charge >= 0.3 is 0 Å². The van der Waals surface area contributed by atoms with Crippen molar-refractivity contribution >= 4 is 0 Å². The fourth-order valence-electron chi connectivity index (χ4n) is 1.88. The van der Waals surface area contributed by atoms with Crippen LogP contribution in [0.25, 0.3) is 0 Å². The molecule has 16 heavy (non-hydrogen) atoms. The summed E-state index contributed by atoms with van der Waals surface area (Å²) in [6, 6.07) is 3.28. The van der Waals surface area contributed by atoms with Gasteiger partial charge in [-0.2, -0.15) is 0 Å². The van der Waals surface area contributed by atoms with E-state index < -0.39 is 17.2 Å². The zero-order valence-corrected chi connectivity index (χ0v) is 9.22. The molecule has 1 aliphatic heterocycles. The topological polar surface area (TPSA) is 21.3 Å². The predicted molar refractivity (Wildman–Crippen MR) is 57.5 cm³/mol. The fraction of sp³-hybridized carbons (Fsp3) is 0.500. The molecule has 0 unspecified atom stereocenters. The third-order valence-corrected chi connectivity index (χ3v) is 2.91. The molecule has 0 atom stereocenters. The Labute approximate surface area is 93.6 Å². The second kappa shape index (κ2) is 4.37. The maximum atomic E-state index is 13.4. The van der Waals surface area contributed by atoms with Crippen LogP contribution < -0.4 is 10.1 Å². The lowest BCUT2D eigenvalue weighted by molar-refractivity contribution is 0.0511. The quantitative estimate of drug-likeness (QED) is 0.838. The molecule has 2 nitrogen and oxygen atoms in total. The van der Waals surface area contributed by atoms with Crippen molar-refractivity contribution in [2.45, 2.75) is 25.4 Å². The number of ether oxygens (including phenoxy) is 1. The number of rotatable bonds is 2. The minimum absolute atomic E-state index is 0.00407. The van der Waals surface area contributed by atoms with Crippen molar-refractivity contribution in [3.05, 3.63) is 29.8 Å². The minimum Gasteiger partial charge on any atom is -0.484 e. The number of hydrogen-bond acceptors (Lipinski definition) is 2. The molecule has 1 aromatic rings. The molecule has 1 saturated heterocycles. The van der Waals surface area contributed by atoms with Crippen LogP contribution in [0.1, 0.15) is 19.8 Å². The summed E-state index contributed by atoms with van der Waals surface area (Å²) in [6.07, 6.45) is 1.59. The standard InChI is InChI=1S/C12H15F2NO/c1-12(4-6-15-7-5-12)16-11-8-9(13)2-3-10(11)14/h2-3,8,15H,4-7H2,1H3. The van der Waals surface area contributed by atoms with E-state index in [2.05, 4.69) is 5.32 Å². The fourth-order valence-corrected chi connectivity index (χ4v) is 1.88. The molecule has 1 N–H and O–H groups in total. The van der Waals surface area contributed by atoms with Gasteiger partial charge in [-0.3, -0.25) is 0 Å². The summed E-state index contributed by atoms with van der Waals surface area (Å²) in [6.45, 7) is 3.61. The number of halogens is 2. The van der Waals surface area contributed by atoms with Gasteiger partial charge in [0.05, 0.1) is 0 Å². The van der Waals surface area contributed by atoms with Crippen LogP contribution in [0.5, 0.6) is 5.75 Å². The van der Waals surface area contributed by atoms with Crippen LogP contribution in [0.15, 0.2) is 18.2 Å². The Morgan fingerprint density at radius 3 is 2.62 bits per heavy atom. The molecule has 1 fully saturated rings. The smallest absolute Gasteiger partial charge is 0.165 e. The van der Waals surface area contributed by atoms with Crippen molar-refractivity contribution < 1.29 is 13.5 Å². The van der Waals surface area contributed by atoms with Crippen LogP contribution in [-0.2, 0) is 0 Å². The van der Waals surface area contributed by atoms with Crippen LogP contribution in [-0.4, -0.2) is 18.7 Å². The molecule has 4 heteroatoms. The van der Waals surface area contributed by atoms with Gasteiger partial charge in [0.25, 0.3) is 0 Å². The lowest BCUT2D eigenvalue weighted by Crippen LogP contribution is -2.44. The first-order valence-corrected chi connectivity index (χ1v) is 5.44. The molecule has 0 bridgehead atoms. The van der Waals surface area contributed by atoms with Gasteiger partial charge in [0.15, 0.2) is 11.6 Å². The van der Waals surface area contributed by atoms with Crippen molar-refractivity contribution in [2.24, 2.45) is 0 Å². The highest BCUT2D eigenvalue weighted by Gasteiger charge is 2.29. The summed E-state index contributed by atoms with van der Waals surface area (Å²) >= 11 is 0. The highest BCUT2D eigenvalue weighted by Crippen LogP contribution is 2.28. The number of piperidine rings is 1. The van der Waals surface area contributed by atoms with Crippen molar-refractivity contribution in [3.63, 3.8) is 0 Å². The maximum absolute atomic E-state index is 13.4. The van der Waals surface area contributed by atoms with Crippen LogP contribution in [0.2, 0.25) is 0 Å². The van der Waals surface area contributed by atoms with Gasteiger partial charge in [-0.25, -0.2) is 8.78 Å². The average molecular weight is 227 g/mol. The van der Waals surface area contributed by atoms with E-state index in [1.807, 2.05) is 6.92 Å². The van der Waals surface area contributed by atoms with E-state index in [4.69, 9.17) is 4.74 Å². The second-order valence-corrected chi connectivity index (χ2v) is 4.38. The minimum atomic E-state index is -0.513. The molecular formula is C12H15F2NO. The molecule has 2 rings (SSSR count). The van der Waals surface area contributed by atoms with E-state index in [1.54, 1.807) is 0 Å². The molecule has 88 valence electrons. The van der Waals surface area contributed by atoms with Crippen molar-refractivity contribution in [2.75, 3.05) is 13.1 Å². The summed E-state index contributed by atoms with van der Waals surface area (Å²) in [7, 11) is 0. The Morgan fingerprint density at radius 2 is 1.94 bits per heavy atom. The largest absolute Gasteiger partial charge is 0.484 e. The second-order valence-electron chi connectivity index (χ2n) is 4.38. The highest BCUT2D eigenvalue weighted by atomic mass is 19.1. The molecule has 0 radical (unpaired) electrons. The van der Waals surface area contributed by atoms with E-state index in [1.165, 1.54) is 0 Å². The van der Waals surface area contributed by atoms with Gasteiger partial charge < -0.3 is 10.1 Å². The van der Waals surface area contributed by atoms with Gasteiger partial charge in [0.2, 0.25) is 0 Å². The lowest BCUT2D eigenvalue weighted by atomic mass is 9.94. The molecule has 1 aromatic carbocycles. The molecule has 0 aromatic heterocycles. The molecule has 0 saturated carbocycles. The van der Waals surface area contributed by atoms with Gasteiger partial charge in [-0.05, 0) is 45.0 Å². The first-order valence-electron chi connectivity index (χ1n) is 5.44. The summed E-state index contributed by atoms with van der Waals surface area (Å²) in [5.41, 5.74) is -0.403. The summed E-state index contributed by atoms with van der Waals surface area (Å²) < 4.78 is 32.0. The van der Waals surface area contributed by atoms with Gasteiger partial charge in [0.1, 0.15) is 11.4 Å². The number of hydrogen-bond donors (Lipinski definition) is 1. The van der Waals surface area contributed by atoms with Crippen LogP contribution in [0.4, 0.5) is 8.78 Å². The first kappa shape index (κ1) is 11.3. The molecule has 0 amide bonds. The normalized spacial score (nSPS) is 19.4. The van der Waals surface area contributed by atoms with E-state index in [-0.39, 0.29) is 5.75 Å². The molecule has 0 spiro atoms. The lowest BCUT2D eigenvalue weighted by Gasteiger charge is -2.34. The summed E-state index contributed by atoms with van der Waals surface area (Å²) in [4.78, 5) is 0. The van der Waals surface area contributed by atoms with Crippen molar-refractivity contribution in [1.82, 2.24) is 5.32 Å². The van der Waals surface area contributed by atoms with Crippen LogP contribution in [0, 0.1) is 11.6 Å². The Morgan fingerprint density at radius 1 is 1.25 bits per heavy atom. The first-order chi connectivity index (χ1) is 7.59. The van der Waals surface area contributed by atoms with E-state index in [9.17, 15) is 8.78 Å². The van der Waals surface area contributed by atoms with E-state index >= 15 is 0 Å². The zero-order valence-electron chi connectivity index (χ0n) is 9.22. The average Bonchev–Trinajstić information content (AvgIpc) is 2.24. The SMILES string of the molecule is CC1(Oc2cc(F)ccc2F)CCNCC1. The Bertz CT molecular complexity index is 375. The third kappa shape index (κ3) is 2.50. The Kier molecular flexibility index (Phi) is 3.10. The van der Waals surface area contributed by atoms with Gasteiger partial charge in [-0.1, -0.05) is 0 Å². The van der Waals surface area contributed by atoms with Crippen LogP contribution in [0.3, 0.4) is 0 Å². The Balaban J connectivity index is 2.15. The summed E-state index contributed by atoms with van der Waals surface area (Å²) in [5, 5.41) is 3.20. The molecule has 1 aliphatic rings. The number of nitrogens with one attached hydrogen (secondary N) is 1. The molecular weight excluding hydrogens is 212 g/mol. The predicted octanol–water partition coefficient (Wildman–Crippen LogP) is 2.49. The monoisotopic (exact) mass is 227 g/mol. The zero-order chi connectivity index (χ0) is 11.6. The van der Waals surface area contributed by atoms with Crippen LogP contribution >= 0.6 is 0 Å². The van der Waals surface area contributed by atoms with E-state index in [0.717, 1.165) is 44.1 Å². The van der Waals surface area contributed by atoms with Gasteiger partial charge in [-0.15, -0.1) is 0 Å². The molecule has 1 heterocycles. The van der Waals surface area contributed by atoms with Gasteiger partial charge in [0, 0.05) is 6.07 Å². The van der Waals surface area contributed by atoms with E-state index in [0.29, 0.717) is 0 Å². The third-order valence-electron chi connectivity index (χ3n) is 2.91. The maximum Gasteiger partial charge on any atom is 0.165 e. The highest BCUT2D eigenvalue weighted by molar-refractivity contribution is 5.25. The number of benzene rings is 1.